The summed E-state index contributed by atoms with van der Waals surface area (Å²) in [4.78, 5) is 27.1. The van der Waals surface area contributed by atoms with E-state index in [0.717, 1.165) is 38.0 Å². The first kappa shape index (κ1) is 20.9. The van der Waals surface area contributed by atoms with E-state index in [0.29, 0.717) is 17.8 Å². The summed E-state index contributed by atoms with van der Waals surface area (Å²) in [5.74, 6) is -0.363. The van der Waals surface area contributed by atoms with E-state index in [1.165, 1.54) is 19.1 Å². The highest BCUT2D eigenvalue weighted by Crippen LogP contribution is 2.27. The van der Waals surface area contributed by atoms with E-state index in [9.17, 15) is 9.59 Å². The molecule has 6 nitrogen and oxygen atoms in total. The van der Waals surface area contributed by atoms with E-state index in [1.807, 2.05) is 30.3 Å². The summed E-state index contributed by atoms with van der Waals surface area (Å²) in [6, 6.07) is 15.6. The van der Waals surface area contributed by atoms with Crippen molar-refractivity contribution < 1.29 is 14.3 Å². The van der Waals surface area contributed by atoms with Crippen LogP contribution in [0, 0.1) is 0 Å². The maximum atomic E-state index is 13.0. The van der Waals surface area contributed by atoms with E-state index >= 15 is 0 Å². The summed E-state index contributed by atoms with van der Waals surface area (Å²) in [7, 11) is 1.48. The van der Waals surface area contributed by atoms with Gasteiger partial charge in [-0.25, -0.2) is 0 Å². The average molecular weight is 396 g/mol. The Hall–Kier alpha value is -2.86. The van der Waals surface area contributed by atoms with Crippen molar-refractivity contribution in [2.45, 2.75) is 25.7 Å². The standard InChI is InChI=1S/C23H29N3O3/c1-29-17-22(27)25-19-10-11-21(26-14-6-3-7-15-26)20(16-19)23(28)24-13-12-18-8-4-2-5-9-18/h2,4-5,8-11,16H,3,6-7,12-15,17H2,1H3,(H,24,28)(H,25,27). The van der Waals surface area contributed by atoms with Gasteiger partial charge in [-0.3, -0.25) is 9.59 Å². The number of hydrogen-bond acceptors (Lipinski definition) is 4. The fraction of sp³-hybridized carbons (Fsp3) is 0.391. The quantitative estimate of drug-likeness (QED) is 0.720. The number of nitrogens with zero attached hydrogens (tertiary/aromatic N) is 1. The minimum Gasteiger partial charge on any atom is -0.375 e. The monoisotopic (exact) mass is 395 g/mol. The van der Waals surface area contributed by atoms with Crippen LogP contribution >= 0.6 is 0 Å². The van der Waals surface area contributed by atoms with Crippen LogP contribution in [-0.4, -0.2) is 45.2 Å². The third kappa shape index (κ3) is 6.06. The molecular weight excluding hydrogens is 366 g/mol. The molecule has 0 unspecified atom stereocenters. The fourth-order valence-electron chi connectivity index (χ4n) is 3.59. The van der Waals surface area contributed by atoms with Gasteiger partial charge in [-0.2, -0.15) is 0 Å². The third-order valence-electron chi connectivity index (χ3n) is 5.04. The van der Waals surface area contributed by atoms with Gasteiger partial charge in [0.15, 0.2) is 0 Å². The molecule has 2 aromatic rings. The van der Waals surface area contributed by atoms with Crippen LogP contribution in [0.1, 0.15) is 35.2 Å². The summed E-state index contributed by atoms with van der Waals surface area (Å²) in [5, 5.41) is 5.82. The summed E-state index contributed by atoms with van der Waals surface area (Å²) in [6.07, 6.45) is 4.25. The van der Waals surface area contributed by atoms with Crippen molar-refractivity contribution in [1.82, 2.24) is 5.32 Å². The van der Waals surface area contributed by atoms with Gasteiger partial charge in [-0.05, 0) is 49.4 Å². The van der Waals surface area contributed by atoms with Gasteiger partial charge in [0.1, 0.15) is 6.61 Å². The highest BCUT2D eigenvalue weighted by Gasteiger charge is 2.19. The molecule has 1 aliphatic heterocycles. The minimum absolute atomic E-state index is 0.0213. The maximum Gasteiger partial charge on any atom is 0.253 e. The van der Waals surface area contributed by atoms with E-state index in [2.05, 4.69) is 27.7 Å². The van der Waals surface area contributed by atoms with Gasteiger partial charge in [-0.15, -0.1) is 0 Å². The normalized spacial score (nSPS) is 13.8. The van der Waals surface area contributed by atoms with Gasteiger partial charge in [0, 0.05) is 38.1 Å². The first-order chi connectivity index (χ1) is 14.2. The summed E-state index contributed by atoms with van der Waals surface area (Å²) in [5.41, 5.74) is 3.30. The van der Waals surface area contributed by atoms with Crippen molar-refractivity contribution in [3.05, 3.63) is 59.7 Å². The summed E-state index contributed by atoms with van der Waals surface area (Å²) in [6.45, 7) is 2.42. The molecule has 1 heterocycles. The second-order valence-electron chi connectivity index (χ2n) is 7.25. The highest BCUT2D eigenvalue weighted by atomic mass is 16.5. The molecule has 1 aliphatic rings. The molecule has 0 aromatic heterocycles. The second kappa shape index (κ2) is 10.6. The van der Waals surface area contributed by atoms with Crippen molar-refractivity contribution >= 4 is 23.2 Å². The SMILES string of the molecule is COCC(=O)Nc1ccc(N2CCCCC2)c(C(=O)NCCc2ccccc2)c1. The summed E-state index contributed by atoms with van der Waals surface area (Å²) < 4.78 is 4.87. The maximum absolute atomic E-state index is 13.0. The van der Waals surface area contributed by atoms with Crippen LogP contribution in [0.2, 0.25) is 0 Å². The summed E-state index contributed by atoms with van der Waals surface area (Å²) >= 11 is 0. The van der Waals surface area contributed by atoms with Crippen LogP contribution in [0.5, 0.6) is 0 Å². The van der Waals surface area contributed by atoms with Crippen molar-refractivity contribution in [3.63, 3.8) is 0 Å². The molecule has 1 fully saturated rings. The second-order valence-corrected chi connectivity index (χ2v) is 7.25. The fourth-order valence-corrected chi connectivity index (χ4v) is 3.59. The Kier molecular flexibility index (Phi) is 7.64. The Labute approximate surface area is 172 Å². The predicted molar refractivity (Wildman–Crippen MR) is 115 cm³/mol. The largest absolute Gasteiger partial charge is 0.375 e. The van der Waals surface area contributed by atoms with Gasteiger partial charge in [-0.1, -0.05) is 30.3 Å². The number of anilines is 2. The van der Waals surface area contributed by atoms with Crippen molar-refractivity contribution in [2.24, 2.45) is 0 Å². The number of methoxy groups -OCH3 is 1. The average Bonchev–Trinajstić information content (AvgIpc) is 2.75. The number of benzene rings is 2. The third-order valence-corrected chi connectivity index (χ3v) is 5.04. The molecule has 0 saturated carbocycles. The molecule has 2 amide bonds. The number of carbonyl (C=O) groups is 2. The molecule has 2 N–H and O–H groups in total. The zero-order valence-electron chi connectivity index (χ0n) is 16.9. The molecule has 0 atom stereocenters. The number of amides is 2. The number of hydrogen-bond donors (Lipinski definition) is 2. The molecule has 0 radical (unpaired) electrons. The Morgan fingerprint density at radius 1 is 1.03 bits per heavy atom. The van der Waals surface area contributed by atoms with Gasteiger partial charge >= 0.3 is 0 Å². The lowest BCUT2D eigenvalue weighted by atomic mass is 10.1. The number of ether oxygens (including phenoxy) is 1. The molecule has 29 heavy (non-hydrogen) atoms. The van der Waals surface area contributed by atoms with Crippen LogP contribution in [-0.2, 0) is 16.0 Å². The van der Waals surface area contributed by atoms with E-state index < -0.39 is 0 Å². The van der Waals surface area contributed by atoms with Crippen LogP contribution < -0.4 is 15.5 Å². The molecule has 0 aliphatic carbocycles. The van der Waals surface area contributed by atoms with Gasteiger partial charge in [0.2, 0.25) is 5.91 Å². The van der Waals surface area contributed by atoms with E-state index in [4.69, 9.17) is 4.74 Å². The first-order valence-corrected chi connectivity index (χ1v) is 10.2. The molecule has 3 rings (SSSR count). The first-order valence-electron chi connectivity index (χ1n) is 10.2. The van der Waals surface area contributed by atoms with Crippen LogP contribution in [0.4, 0.5) is 11.4 Å². The van der Waals surface area contributed by atoms with Gasteiger partial charge < -0.3 is 20.3 Å². The molecule has 6 heteroatoms. The minimum atomic E-state index is -0.242. The number of nitrogens with one attached hydrogen (secondary N) is 2. The smallest absolute Gasteiger partial charge is 0.253 e. The predicted octanol–water partition coefficient (Wildman–Crippen LogP) is 3.23. The molecule has 1 saturated heterocycles. The number of rotatable bonds is 8. The molecule has 0 bridgehead atoms. The zero-order chi connectivity index (χ0) is 20.5. The molecular formula is C23H29N3O3. The number of piperidine rings is 1. The zero-order valence-corrected chi connectivity index (χ0v) is 16.9. The van der Waals surface area contributed by atoms with E-state index in [-0.39, 0.29) is 18.4 Å². The highest BCUT2D eigenvalue weighted by molar-refractivity contribution is 6.02. The van der Waals surface area contributed by atoms with Crippen LogP contribution in [0.15, 0.2) is 48.5 Å². The Morgan fingerprint density at radius 3 is 2.52 bits per heavy atom. The topological polar surface area (TPSA) is 70.7 Å². The van der Waals surface area contributed by atoms with Crippen LogP contribution in [0.3, 0.4) is 0 Å². The molecule has 0 spiro atoms. The lowest BCUT2D eigenvalue weighted by molar-refractivity contribution is -0.119. The van der Waals surface area contributed by atoms with Gasteiger partial charge in [0.05, 0.1) is 5.56 Å². The Bertz CT molecular complexity index is 817. The van der Waals surface area contributed by atoms with Crippen molar-refractivity contribution in [2.75, 3.05) is 43.6 Å². The number of carbonyl (C=O) groups excluding carboxylic acids is 2. The van der Waals surface area contributed by atoms with Gasteiger partial charge in [0.25, 0.3) is 5.91 Å². The lowest BCUT2D eigenvalue weighted by Gasteiger charge is -2.30. The van der Waals surface area contributed by atoms with E-state index in [1.54, 1.807) is 6.07 Å². The van der Waals surface area contributed by atoms with Crippen molar-refractivity contribution in [1.29, 1.82) is 0 Å². The Morgan fingerprint density at radius 2 is 1.79 bits per heavy atom. The molecule has 2 aromatic carbocycles. The van der Waals surface area contributed by atoms with Crippen molar-refractivity contribution in [3.8, 4) is 0 Å². The Balaban J connectivity index is 1.74. The molecule has 154 valence electrons. The lowest BCUT2D eigenvalue weighted by Crippen LogP contribution is -2.33. The van der Waals surface area contributed by atoms with Crippen LogP contribution in [0.25, 0.3) is 0 Å².